The Kier molecular flexibility index (Phi) is 6.38. The fourth-order valence-corrected chi connectivity index (χ4v) is 2.50. The summed E-state index contributed by atoms with van der Waals surface area (Å²) in [6.07, 6.45) is 1.58. The van der Waals surface area contributed by atoms with Gasteiger partial charge in [0, 0.05) is 25.4 Å². The normalized spacial score (nSPS) is 11.7. The Morgan fingerprint density at radius 3 is 2.73 bits per heavy atom. The lowest BCUT2D eigenvalue weighted by atomic mass is 9.93. The van der Waals surface area contributed by atoms with E-state index < -0.39 is 0 Å². The minimum atomic E-state index is -0.121. The smallest absolute Gasteiger partial charge is 0.258 e. The zero-order valence-corrected chi connectivity index (χ0v) is 14.6. The molecule has 122 valence electrons. The minimum Gasteiger partial charge on any atom is -0.330 e. The van der Waals surface area contributed by atoms with Gasteiger partial charge in [0.1, 0.15) is 5.65 Å². The van der Waals surface area contributed by atoms with Crippen LogP contribution < -0.4 is 11.3 Å². The van der Waals surface area contributed by atoms with E-state index in [1.165, 1.54) is 4.40 Å². The lowest BCUT2D eigenvalue weighted by molar-refractivity contribution is 0.208. The zero-order chi connectivity index (χ0) is 15.6. The summed E-state index contributed by atoms with van der Waals surface area (Å²) in [4.78, 5) is 18.7. The monoisotopic (exact) mass is 344 g/mol. The highest BCUT2D eigenvalue weighted by Crippen LogP contribution is 2.15. The molecule has 0 aliphatic carbocycles. The number of hydrogen-bond donors (Lipinski definition) is 1. The van der Waals surface area contributed by atoms with Crippen molar-refractivity contribution in [3.8, 4) is 0 Å². The highest BCUT2D eigenvalue weighted by Gasteiger charge is 2.18. The average molecular weight is 345 g/mol. The Morgan fingerprint density at radius 2 is 2.09 bits per heavy atom. The molecule has 0 saturated heterocycles. The summed E-state index contributed by atoms with van der Waals surface area (Å²) in [7, 11) is 2.00. The maximum absolute atomic E-state index is 12.1. The number of pyridine rings is 1. The molecule has 2 aromatic heterocycles. The van der Waals surface area contributed by atoms with E-state index in [1.807, 2.05) is 7.05 Å². The molecule has 0 atom stereocenters. The fourth-order valence-electron chi connectivity index (χ4n) is 2.33. The predicted molar refractivity (Wildman–Crippen MR) is 92.9 cm³/mol. The van der Waals surface area contributed by atoms with Gasteiger partial charge in [-0.05, 0) is 31.1 Å². The van der Waals surface area contributed by atoms with Gasteiger partial charge in [0.05, 0.1) is 10.7 Å². The molecular weight excluding hydrogens is 323 g/mol. The molecule has 0 fully saturated rings. The van der Waals surface area contributed by atoms with Crippen LogP contribution in [0.2, 0.25) is 5.02 Å². The quantitative estimate of drug-likeness (QED) is 0.902. The van der Waals surface area contributed by atoms with Gasteiger partial charge in [0.2, 0.25) is 0 Å². The molecule has 7 heteroatoms. The van der Waals surface area contributed by atoms with Crippen LogP contribution in [0.15, 0.2) is 29.2 Å². The van der Waals surface area contributed by atoms with Crippen molar-refractivity contribution in [1.29, 1.82) is 0 Å². The van der Waals surface area contributed by atoms with E-state index in [0.717, 1.165) is 12.2 Å². The fraction of sp³-hybridized carbons (Fsp3) is 0.467. The predicted octanol–water partition coefficient (Wildman–Crippen LogP) is 2.19. The molecule has 0 aromatic carbocycles. The number of halogens is 2. The van der Waals surface area contributed by atoms with Crippen LogP contribution >= 0.6 is 24.0 Å². The first-order valence-corrected chi connectivity index (χ1v) is 7.25. The molecule has 0 saturated carbocycles. The number of nitrogens with two attached hydrogens (primary N) is 1. The van der Waals surface area contributed by atoms with E-state index in [4.69, 9.17) is 17.3 Å². The van der Waals surface area contributed by atoms with Gasteiger partial charge < -0.3 is 5.73 Å². The van der Waals surface area contributed by atoms with E-state index in [9.17, 15) is 4.79 Å². The second-order valence-electron chi connectivity index (χ2n) is 6.20. The molecular formula is C15H22Cl2N4O. The maximum Gasteiger partial charge on any atom is 0.258 e. The summed E-state index contributed by atoms with van der Waals surface area (Å²) in [5.74, 6) is 0. The third-order valence-corrected chi connectivity index (χ3v) is 3.58. The van der Waals surface area contributed by atoms with Gasteiger partial charge in [0.25, 0.3) is 5.56 Å². The van der Waals surface area contributed by atoms with E-state index in [0.29, 0.717) is 23.8 Å². The zero-order valence-electron chi connectivity index (χ0n) is 13.0. The molecule has 0 unspecified atom stereocenters. The standard InChI is InChI=1S/C15H21ClN4O.ClH/c1-15(2,9-17)10-19(3)8-12-6-14(21)20-7-11(16)4-5-13(20)18-12;/h4-7H,8-10,17H2,1-3H3;1H. The first-order valence-electron chi connectivity index (χ1n) is 6.87. The van der Waals surface area contributed by atoms with Gasteiger partial charge in [0.15, 0.2) is 0 Å². The van der Waals surface area contributed by atoms with E-state index in [2.05, 4.69) is 23.7 Å². The molecule has 0 amide bonds. The Balaban J connectivity index is 0.00000242. The van der Waals surface area contributed by atoms with Crippen molar-refractivity contribution in [2.45, 2.75) is 20.4 Å². The minimum absolute atomic E-state index is 0. The molecule has 22 heavy (non-hydrogen) atoms. The number of hydrogen-bond acceptors (Lipinski definition) is 4. The molecule has 0 aliphatic rings. The van der Waals surface area contributed by atoms with E-state index >= 15 is 0 Å². The Morgan fingerprint density at radius 1 is 1.41 bits per heavy atom. The van der Waals surface area contributed by atoms with Gasteiger partial charge in [-0.2, -0.15) is 0 Å². The summed E-state index contributed by atoms with van der Waals surface area (Å²) in [5, 5.41) is 0.515. The molecule has 2 rings (SSSR count). The van der Waals surface area contributed by atoms with E-state index in [1.54, 1.807) is 24.4 Å². The van der Waals surface area contributed by atoms with Gasteiger partial charge in [-0.3, -0.25) is 14.1 Å². The first kappa shape index (κ1) is 18.9. The van der Waals surface area contributed by atoms with Crippen LogP contribution in [0.3, 0.4) is 0 Å². The van der Waals surface area contributed by atoms with Crippen molar-refractivity contribution in [1.82, 2.24) is 14.3 Å². The largest absolute Gasteiger partial charge is 0.330 e. The van der Waals surface area contributed by atoms with Crippen LogP contribution in [-0.4, -0.2) is 34.4 Å². The van der Waals surface area contributed by atoms with E-state index in [-0.39, 0.29) is 23.4 Å². The number of rotatable bonds is 5. The van der Waals surface area contributed by atoms with Gasteiger partial charge in [-0.25, -0.2) is 4.98 Å². The highest BCUT2D eigenvalue weighted by atomic mass is 35.5. The SMILES string of the molecule is CN(Cc1cc(=O)n2cc(Cl)ccc2n1)CC(C)(C)CN.Cl. The van der Waals surface area contributed by atoms with Crippen LogP contribution in [0.25, 0.3) is 5.65 Å². The molecule has 2 heterocycles. The van der Waals surface area contributed by atoms with Gasteiger partial charge >= 0.3 is 0 Å². The van der Waals surface area contributed by atoms with Crippen molar-refractivity contribution in [3.05, 3.63) is 45.5 Å². The molecule has 2 aromatic rings. The molecule has 5 nitrogen and oxygen atoms in total. The molecule has 0 spiro atoms. The Bertz CT molecular complexity index is 699. The van der Waals surface area contributed by atoms with Crippen molar-refractivity contribution in [3.63, 3.8) is 0 Å². The Labute approximate surface area is 141 Å². The van der Waals surface area contributed by atoms with Crippen molar-refractivity contribution in [2.24, 2.45) is 11.1 Å². The van der Waals surface area contributed by atoms with Crippen LogP contribution in [0.4, 0.5) is 0 Å². The lowest BCUT2D eigenvalue weighted by Gasteiger charge is -2.28. The summed E-state index contributed by atoms with van der Waals surface area (Å²) in [6.45, 7) is 6.30. The maximum atomic E-state index is 12.1. The third-order valence-electron chi connectivity index (χ3n) is 3.36. The van der Waals surface area contributed by atoms with Crippen LogP contribution in [0.5, 0.6) is 0 Å². The topological polar surface area (TPSA) is 63.6 Å². The third kappa shape index (κ3) is 4.68. The molecule has 2 N–H and O–H groups in total. The summed E-state index contributed by atoms with van der Waals surface area (Å²) < 4.78 is 1.45. The second-order valence-corrected chi connectivity index (χ2v) is 6.64. The number of nitrogens with zero attached hydrogens (tertiary/aromatic N) is 3. The Hall–Kier alpha value is -1.14. The summed E-state index contributed by atoms with van der Waals surface area (Å²) in [5.41, 5.74) is 7.02. The van der Waals surface area contributed by atoms with Crippen LogP contribution in [0.1, 0.15) is 19.5 Å². The first-order chi connectivity index (χ1) is 9.80. The number of aromatic nitrogens is 2. The summed E-state index contributed by atoms with van der Waals surface area (Å²) in [6, 6.07) is 5.03. The van der Waals surface area contributed by atoms with Crippen molar-refractivity contribution in [2.75, 3.05) is 20.1 Å². The van der Waals surface area contributed by atoms with Crippen LogP contribution in [0, 0.1) is 5.41 Å². The van der Waals surface area contributed by atoms with Gasteiger partial charge in [-0.15, -0.1) is 12.4 Å². The number of fused-ring (bicyclic) bond motifs is 1. The summed E-state index contributed by atoms with van der Waals surface area (Å²) >= 11 is 5.90. The highest BCUT2D eigenvalue weighted by molar-refractivity contribution is 6.30. The van der Waals surface area contributed by atoms with Gasteiger partial charge in [-0.1, -0.05) is 25.4 Å². The van der Waals surface area contributed by atoms with Crippen LogP contribution in [-0.2, 0) is 6.54 Å². The van der Waals surface area contributed by atoms with Crippen molar-refractivity contribution >= 4 is 29.7 Å². The lowest BCUT2D eigenvalue weighted by Crippen LogP contribution is -2.36. The molecule has 0 bridgehead atoms. The average Bonchev–Trinajstić information content (AvgIpc) is 2.39. The second kappa shape index (κ2) is 7.42. The molecule has 0 radical (unpaired) electrons. The molecule has 0 aliphatic heterocycles. The van der Waals surface area contributed by atoms with Crippen molar-refractivity contribution < 1.29 is 0 Å².